The third-order valence-corrected chi connectivity index (χ3v) is 3.93. The van der Waals surface area contributed by atoms with Gasteiger partial charge in [0.15, 0.2) is 0 Å². The van der Waals surface area contributed by atoms with Gasteiger partial charge in [0.05, 0.1) is 6.61 Å². The fraction of sp³-hybridized carbons (Fsp3) is 0.857. The van der Waals surface area contributed by atoms with Crippen LogP contribution in [0.15, 0.2) is 0 Å². The van der Waals surface area contributed by atoms with Crippen molar-refractivity contribution in [2.45, 2.75) is 32.2 Å². The molecule has 0 spiro atoms. The van der Waals surface area contributed by atoms with Crippen molar-refractivity contribution in [3.8, 4) is 0 Å². The van der Waals surface area contributed by atoms with E-state index >= 15 is 0 Å². The van der Waals surface area contributed by atoms with Crippen molar-refractivity contribution in [3.05, 3.63) is 0 Å². The molecule has 0 radical (unpaired) electrons. The minimum absolute atomic E-state index is 0.204. The summed E-state index contributed by atoms with van der Waals surface area (Å²) in [4.78, 5) is 11.0. The predicted octanol–water partition coefficient (Wildman–Crippen LogP) is 3.38. The lowest BCUT2D eigenvalue weighted by Crippen LogP contribution is -2.11. The Morgan fingerprint density at radius 1 is 1.38 bits per heavy atom. The van der Waals surface area contributed by atoms with Crippen molar-refractivity contribution in [2.75, 3.05) is 6.61 Å². The third-order valence-electron chi connectivity index (χ3n) is 1.31. The normalized spacial score (nSPS) is 11.4. The van der Waals surface area contributed by atoms with Gasteiger partial charge >= 0.3 is 12.0 Å². The van der Waals surface area contributed by atoms with Crippen molar-refractivity contribution in [3.63, 3.8) is 0 Å². The summed E-state index contributed by atoms with van der Waals surface area (Å²) in [5, 5.41) is 0. The fourth-order valence-corrected chi connectivity index (χ4v) is 2.50. The Labute approximate surface area is 93.6 Å². The van der Waals surface area contributed by atoms with Crippen LogP contribution in [0, 0.1) is 0 Å². The Morgan fingerprint density at radius 2 is 2.00 bits per heavy atom. The van der Waals surface area contributed by atoms with Crippen LogP contribution in [0.1, 0.15) is 26.2 Å². The molecule has 0 fully saturated rings. The summed E-state index contributed by atoms with van der Waals surface area (Å²) in [6.45, 7) is 2.42. The average Bonchev–Trinajstić information content (AvgIpc) is 1.98. The lowest BCUT2D eigenvalue weighted by Gasteiger charge is -2.06. The molecule has 0 aromatic carbocycles. The van der Waals surface area contributed by atoms with Gasteiger partial charge in [-0.05, 0) is 18.9 Å². The Morgan fingerprint density at radius 3 is 2.46 bits per heavy atom. The lowest BCUT2D eigenvalue weighted by molar-refractivity contribution is -0.143. The lowest BCUT2D eigenvalue weighted by atomic mass is 10.3. The minimum atomic E-state index is -2.55. The molecule has 0 N–H and O–H groups in total. The second-order valence-electron chi connectivity index (χ2n) is 2.69. The van der Waals surface area contributed by atoms with Gasteiger partial charge < -0.3 is 4.74 Å². The van der Waals surface area contributed by atoms with Crippen LogP contribution < -0.4 is 0 Å². The molecule has 78 valence electrons. The molecule has 0 aliphatic carbocycles. The van der Waals surface area contributed by atoms with Gasteiger partial charge in [-0.2, -0.15) is 0 Å². The van der Waals surface area contributed by atoms with Crippen LogP contribution in [-0.2, 0) is 9.53 Å². The fourth-order valence-electron chi connectivity index (χ4n) is 0.721. The molecule has 0 aromatic heterocycles. The molecule has 0 bridgehead atoms. The monoisotopic (exact) mass is 262 g/mol. The van der Waals surface area contributed by atoms with Crippen LogP contribution in [-0.4, -0.2) is 18.6 Å². The van der Waals surface area contributed by atoms with E-state index in [-0.39, 0.29) is 5.97 Å². The zero-order chi connectivity index (χ0) is 10.3. The van der Waals surface area contributed by atoms with Crippen molar-refractivity contribution in [2.24, 2.45) is 0 Å². The number of carbonyl (C=O) groups is 1. The molecule has 13 heavy (non-hydrogen) atoms. The standard InChI is InChI=1S/C7H13Cl3O2Si/c1-2-5-12-7(11)4-3-6-13(8,9)10/h2-6H2,1H3. The number of halogens is 3. The molecule has 0 amide bonds. The molecule has 0 unspecified atom stereocenters. The van der Waals surface area contributed by atoms with Crippen molar-refractivity contribution in [1.82, 2.24) is 0 Å². The third kappa shape index (κ3) is 10.5. The quantitative estimate of drug-likeness (QED) is 0.417. The summed E-state index contributed by atoms with van der Waals surface area (Å²) in [6.07, 6.45) is 1.79. The number of ether oxygens (including phenoxy) is 1. The van der Waals surface area contributed by atoms with E-state index in [0.29, 0.717) is 25.5 Å². The number of carbonyl (C=O) groups excluding carboxylic acids is 1. The van der Waals surface area contributed by atoms with E-state index < -0.39 is 6.00 Å². The number of hydrogen-bond acceptors (Lipinski definition) is 2. The Kier molecular flexibility index (Phi) is 7.23. The molecule has 0 saturated carbocycles. The Balaban J connectivity index is 3.37. The molecule has 6 heteroatoms. The molecular formula is C7H13Cl3O2Si. The summed E-state index contributed by atoms with van der Waals surface area (Å²) in [5.74, 6) is -0.204. The van der Waals surface area contributed by atoms with Gasteiger partial charge in [-0.1, -0.05) is 6.92 Å². The highest BCUT2D eigenvalue weighted by molar-refractivity contribution is 7.64. The van der Waals surface area contributed by atoms with Crippen LogP contribution in [0.25, 0.3) is 0 Å². The first-order chi connectivity index (χ1) is 5.95. The molecule has 0 rings (SSSR count). The van der Waals surface area contributed by atoms with E-state index in [1.54, 1.807) is 0 Å². The minimum Gasteiger partial charge on any atom is -0.466 e. The maximum atomic E-state index is 11.0. The second-order valence-corrected chi connectivity index (χ2v) is 12.0. The van der Waals surface area contributed by atoms with Gasteiger partial charge in [-0.3, -0.25) is 4.79 Å². The first-order valence-electron chi connectivity index (χ1n) is 4.18. The molecule has 0 aliphatic heterocycles. The van der Waals surface area contributed by atoms with Crippen LogP contribution >= 0.6 is 33.2 Å². The Hall–Kier alpha value is 0.557. The van der Waals surface area contributed by atoms with E-state index in [4.69, 9.17) is 38.0 Å². The molecule has 0 aliphatic rings. The van der Waals surface area contributed by atoms with Crippen LogP contribution in [0.3, 0.4) is 0 Å². The predicted molar refractivity (Wildman–Crippen MR) is 58.6 cm³/mol. The summed E-state index contributed by atoms with van der Waals surface area (Å²) in [5.41, 5.74) is 0. The first-order valence-corrected chi connectivity index (χ1v) is 9.42. The van der Waals surface area contributed by atoms with Gasteiger partial charge in [-0.15, -0.1) is 33.2 Å². The summed E-state index contributed by atoms with van der Waals surface area (Å²) >= 11 is 16.9. The second kappa shape index (κ2) is 6.93. The highest BCUT2D eigenvalue weighted by Crippen LogP contribution is 2.27. The molecule has 0 atom stereocenters. The molecule has 0 aromatic rings. The van der Waals surface area contributed by atoms with E-state index in [1.807, 2.05) is 6.92 Å². The van der Waals surface area contributed by atoms with Gasteiger partial charge in [0.2, 0.25) is 0 Å². The molecule has 0 heterocycles. The van der Waals surface area contributed by atoms with E-state index in [2.05, 4.69) is 0 Å². The highest BCUT2D eigenvalue weighted by Gasteiger charge is 2.24. The zero-order valence-electron chi connectivity index (χ0n) is 7.49. The highest BCUT2D eigenvalue weighted by atomic mass is 35.8. The molecular weight excluding hydrogens is 251 g/mol. The molecule has 2 nitrogen and oxygen atoms in total. The van der Waals surface area contributed by atoms with Crippen LogP contribution in [0.2, 0.25) is 6.04 Å². The topological polar surface area (TPSA) is 26.3 Å². The van der Waals surface area contributed by atoms with Crippen molar-refractivity contribution < 1.29 is 9.53 Å². The smallest absolute Gasteiger partial charge is 0.341 e. The van der Waals surface area contributed by atoms with E-state index in [0.717, 1.165) is 6.42 Å². The van der Waals surface area contributed by atoms with Crippen LogP contribution in [0.5, 0.6) is 0 Å². The van der Waals surface area contributed by atoms with Gasteiger partial charge in [0.25, 0.3) is 0 Å². The van der Waals surface area contributed by atoms with Crippen molar-refractivity contribution in [1.29, 1.82) is 0 Å². The van der Waals surface area contributed by atoms with E-state index in [9.17, 15) is 4.79 Å². The first kappa shape index (κ1) is 13.6. The maximum Gasteiger partial charge on any atom is 0.341 e. The van der Waals surface area contributed by atoms with Gasteiger partial charge in [0, 0.05) is 6.42 Å². The van der Waals surface area contributed by atoms with Crippen molar-refractivity contribution >= 4 is 45.2 Å². The Bertz CT molecular complexity index is 158. The summed E-state index contributed by atoms with van der Waals surface area (Å²) in [7, 11) is 0. The number of esters is 1. The summed E-state index contributed by atoms with van der Waals surface area (Å²) in [6, 6.07) is -2.03. The van der Waals surface area contributed by atoms with E-state index in [1.165, 1.54) is 0 Å². The largest absolute Gasteiger partial charge is 0.466 e. The van der Waals surface area contributed by atoms with Crippen LogP contribution in [0.4, 0.5) is 0 Å². The average molecular weight is 264 g/mol. The summed E-state index contributed by atoms with van der Waals surface area (Å²) < 4.78 is 4.85. The number of rotatable bonds is 6. The van der Waals surface area contributed by atoms with Gasteiger partial charge in [0.1, 0.15) is 0 Å². The van der Waals surface area contributed by atoms with Gasteiger partial charge in [-0.25, -0.2) is 0 Å². The zero-order valence-corrected chi connectivity index (χ0v) is 10.8. The number of hydrogen-bond donors (Lipinski definition) is 0. The SMILES string of the molecule is CCCOC(=O)CCC[Si](Cl)(Cl)Cl. The maximum absolute atomic E-state index is 11.0. The molecule has 0 saturated heterocycles.